The normalized spacial score (nSPS) is 14.8. The van der Waals surface area contributed by atoms with Crippen molar-refractivity contribution >= 4 is 54.2 Å². The van der Waals surface area contributed by atoms with Gasteiger partial charge in [-0.3, -0.25) is 5.41 Å². The Kier molecular flexibility index (Phi) is 8.35. The van der Waals surface area contributed by atoms with E-state index in [0.29, 0.717) is 16.7 Å². The molecule has 0 spiro atoms. The van der Waals surface area contributed by atoms with Crippen molar-refractivity contribution in [1.82, 2.24) is 10.7 Å². The van der Waals surface area contributed by atoms with Crippen molar-refractivity contribution in [2.24, 2.45) is 5.10 Å². The Labute approximate surface area is 122 Å². The molecule has 0 bridgehead atoms. The fourth-order valence-electron chi connectivity index (χ4n) is 1.02. The topological polar surface area (TPSA) is 104 Å². The summed E-state index contributed by atoms with van der Waals surface area (Å²) in [7, 11) is 1.58. The van der Waals surface area contributed by atoms with E-state index in [0.717, 1.165) is 6.21 Å². The molecule has 1 atom stereocenters. The summed E-state index contributed by atoms with van der Waals surface area (Å²) in [6.45, 7) is 2.56. The molecule has 0 heterocycles. The van der Waals surface area contributed by atoms with Crippen LogP contribution >= 0.6 is 38.5 Å². The second-order valence-electron chi connectivity index (χ2n) is 2.88. The monoisotopic (exact) mass is 415 g/mol. The average molecular weight is 416 g/mol. The van der Waals surface area contributed by atoms with Crippen molar-refractivity contribution in [2.75, 3.05) is 13.6 Å². The highest BCUT2D eigenvalue weighted by molar-refractivity contribution is 14.1. The Hall–Kier alpha value is -0.480. The largest absolute Gasteiger partial charge is 0.382 e. The first-order valence-corrected chi connectivity index (χ1v) is 6.67. The van der Waals surface area contributed by atoms with Gasteiger partial charge in [-0.2, -0.15) is 5.10 Å². The third-order valence-corrected chi connectivity index (χ3v) is 3.04. The van der Waals surface area contributed by atoms with E-state index in [1.54, 1.807) is 29.6 Å². The van der Waals surface area contributed by atoms with Crippen LogP contribution in [0.25, 0.3) is 0 Å². The quantitative estimate of drug-likeness (QED) is 0.187. The highest BCUT2D eigenvalue weighted by Crippen LogP contribution is 2.14. The van der Waals surface area contributed by atoms with Crippen LogP contribution in [-0.2, 0) is 0 Å². The van der Waals surface area contributed by atoms with Gasteiger partial charge in [0.1, 0.15) is 15.5 Å². The van der Waals surface area contributed by atoms with Crippen molar-refractivity contribution in [1.29, 1.82) is 10.8 Å². The van der Waals surface area contributed by atoms with Crippen LogP contribution in [0.5, 0.6) is 0 Å². The second kappa shape index (κ2) is 8.59. The van der Waals surface area contributed by atoms with Crippen molar-refractivity contribution in [3.8, 4) is 0 Å². The van der Waals surface area contributed by atoms with Gasteiger partial charge in [-0.05, 0) is 45.4 Å². The summed E-state index contributed by atoms with van der Waals surface area (Å²) in [6.07, 6.45) is -0.0971. The van der Waals surface area contributed by atoms with Gasteiger partial charge in [-0.15, -0.1) is 0 Å². The molecule has 0 fully saturated rings. The molecule has 0 aromatic carbocycles. The SMILES string of the molecule is CCN/C(Br)=C(\C=N)C(O)/C(=N/NC)C(=N)I. The average Bonchev–Trinajstić information content (AvgIpc) is 2.26. The minimum atomic E-state index is -1.13. The Morgan fingerprint density at radius 1 is 1.65 bits per heavy atom. The van der Waals surface area contributed by atoms with E-state index in [1.807, 2.05) is 6.92 Å². The Morgan fingerprint density at radius 2 is 2.24 bits per heavy atom. The minimum Gasteiger partial charge on any atom is -0.382 e. The molecule has 0 aliphatic rings. The highest BCUT2D eigenvalue weighted by Gasteiger charge is 2.22. The van der Waals surface area contributed by atoms with Gasteiger partial charge in [-0.1, -0.05) is 0 Å². The van der Waals surface area contributed by atoms with Crippen LogP contribution < -0.4 is 10.7 Å². The predicted octanol–water partition coefficient (Wildman–Crippen LogP) is 1.20. The number of nitrogens with zero attached hydrogens (tertiary/aromatic N) is 1. The Morgan fingerprint density at radius 3 is 2.59 bits per heavy atom. The molecular weight excluding hydrogens is 401 g/mol. The number of aliphatic hydroxyl groups is 1. The lowest BCUT2D eigenvalue weighted by molar-refractivity contribution is 0.283. The van der Waals surface area contributed by atoms with Gasteiger partial charge < -0.3 is 21.3 Å². The fourth-order valence-corrected chi connectivity index (χ4v) is 2.04. The molecule has 0 aliphatic carbocycles. The molecule has 0 radical (unpaired) electrons. The van der Waals surface area contributed by atoms with Gasteiger partial charge in [0, 0.05) is 25.4 Å². The zero-order valence-electron chi connectivity index (χ0n) is 9.51. The Bertz CT molecular complexity index is 355. The molecule has 96 valence electrons. The van der Waals surface area contributed by atoms with Crippen molar-refractivity contribution < 1.29 is 5.11 Å². The van der Waals surface area contributed by atoms with E-state index in [1.165, 1.54) is 0 Å². The summed E-state index contributed by atoms with van der Waals surface area (Å²) >= 11 is 5.00. The molecule has 0 saturated carbocycles. The Balaban J connectivity index is 5.29. The van der Waals surface area contributed by atoms with Crippen LogP contribution in [0.1, 0.15) is 6.92 Å². The van der Waals surface area contributed by atoms with Crippen molar-refractivity contribution in [3.63, 3.8) is 0 Å². The molecule has 0 rings (SSSR count). The van der Waals surface area contributed by atoms with Crippen LogP contribution in [-0.4, -0.2) is 40.4 Å². The molecule has 8 heteroatoms. The summed E-state index contributed by atoms with van der Waals surface area (Å²) < 4.78 is 0.629. The summed E-state index contributed by atoms with van der Waals surface area (Å²) in [5.41, 5.74) is 3.02. The molecule has 0 amide bonds. The van der Waals surface area contributed by atoms with E-state index < -0.39 is 6.10 Å². The second-order valence-corrected chi connectivity index (χ2v) is 4.75. The predicted molar refractivity (Wildman–Crippen MR) is 82.7 cm³/mol. The number of halogens is 2. The highest BCUT2D eigenvalue weighted by atomic mass is 127. The van der Waals surface area contributed by atoms with Gasteiger partial charge in [0.25, 0.3) is 0 Å². The van der Waals surface area contributed by atoms with Gasteiger partial charge in [-0.25, -0.2) is 0 Å². The molecule has 0 aliphatic heterocycles. The van der Waals surface area contributed by atoms with Crippen LogP contribution in [0.15, 0.2) is 15.3 Å². The molecule has 6 nitrogen and oxygen atoms in total. The number of hydrogen-bond acceptors (Lipinski definition) is 6. The first kappa shape index (κ1) is 16.5. The number of hydrogen-bond donors (Lipinski definition) is 5. The molecule has 0 aromatic rings. The maximum atomic E-state index is 10.1. The maximum Gasteiger partial charge on any atom is 0.129 e. The van der Waals surface area contributed by atoms with Crippen LogP contribution in [0.3, 0.4) is 0 Å². The zero-order chi connectivity index (χ0) is 13.4. The lowest BCUT2D eigenvalue weighted by atomic mass is 10.1. The number of rotatable bonds is 7. The third-order valence-electron chi connectivity index (χ3n) is 1.75. The first-order valence-electron chi connectivity index (χ1n) is 4.80. The molecule has 5 N–H and O–H groups in total. The van der Waals surface area contributed by atoms with Gasteiger partial charge in [0.15, 0.2) is 0 Å². The van der Waals surface area contributed by atoms with Gasteiger partial charge in [0.05, 0.1) is 4.61 Å². The smallest absolute Gasteiger partial charge is 0.129 e. The zero-order valence-corrected chi connectivity index (χ0v) is 13.3. The molecule has 0 saturated heterocycles. The lowest BCUT2D eigenvalue weighted by Crippen LogP contribution is -2.31. The van der Waals surface area contributed by atoms with Crippen molar-refractivity contribution in [3.05, 3.63) is 10.2 Å². The van der Waals surface area contributed by atoms with E-state index >= 15 is 0 Å². The third kappa shape index (κ3) is 5.13. The summed E-state index contributed by atoms with van der Waals surface area (Å²) in [4.78, 5) is 0. The first-order chi connectivity index (χ1) is 7.99. The molecule has 17 heavy (non-hydrogen) atoms. The maximum absolute atomic E-state index is 10.1. The number of aliphatic hydroxyl groups excluding tert-OH is 1. The summed E-state index contributed by atoms with van der Waals surface area (Å²) in [5.74, 6) is 0. The van der Waals surface area contributed by atoms with E-state index in [9.17, 15) is 5.11 Å². The van der Waals surface area contributed by atoms with Crippen LogP contribution in [0, 0.1) is 10.8 Å². The molecule has 0 aromatic heterocycles. The van der Waals surface area contributed by atoms with Crippen LogP contribution in [0.2, 0.25) is 0 Å². The fraction of sp³-hybridized carbons (Fsp3) is 0.444. The number of hydrazone groups is 1. The van der Waals surface area contributed by atoms with Crippen molar-refractivity contribution in [2.45, 2.75) is 13.0 Å². The van der Waals surface area contributed by atoms with E-state index in [-0.39, 0.29) is 9.43 Å². The standard InChI is InChI=1S/C9H15BrIN5O/c1-3-15-8(10)5(4-12)7(17)6(9(11)13)16-14-2/h4,7,12-15,17H,3H2,1-2H3/b8-5+,12-4?,13-9?,16-6-. The minimum absolute atomic E-state index is 0.112. The van der Waals surface area contributed by atoms with E-state index in [4.69, 9.17) is 10.8 Å². The van der Waals surface area contributed by atoms with Gasteiger partial charge >= 0.3 is 0 Å². The number of nitrogens with one attached hydrogen (secondary N) is 4. The van der Waals surface area contributed by atoms with Crippen LogP contribution in [0.4, 0.5) is 0 Å². The summed E-state index contributed by atoms with van der Waals surface area (Å²) in [6, 6.07) is 0. The van der Waals surface area contributed by atoms with Gasteiger partial charge in [0.2, 0.25) is 0 Å². The van der Waals surface area contributed by atoms with E-state index in [2.05, 4.69) is 31.8 Å². The molecule has 1 unspecified atom stereocenters. The summed E-state index contributed by atoms with van der Waals surface area (Å²) in [5, 5.41) is 31.7. The molecular formula is C9H15BrIN5O. The lowest BCUT2D eigenvalue weighted by Gasteiger charge is -2.15.